The van der Waals surface area contributed by atoms with Gasteiger partial charge in [-0.3, -0.25) is 14.4 Å². The van der Waals surface area contributed by atoms with Crippen LogP contribution in [0.25, 0.3) is 0 Å². The maximum absolute atomic E-state index is 13.5. The highest BCUT2D eigenvalue weighted by Crippen LogP contribution is 2.31. The third kappa shape index (κ3) is 4.52. The first-order valence-electron chi connectivity index (χ1n) is 9.99. The minimum Gasteiger partial charge on any atom is -0.326 e. The van der Waals surface area contributed by atoms with Crippen LogP contribution in [0, 0.1) is 0 Å². The molecule has 0 aliphatic carbocycles. The Bertz CT molecular complexity index is 1080. The van der Waals surface area contributed by atoms with Gasteiger partial charge in [0.25, 0.3) is 5.91 Å². The third-order valence-corrected chi connectivity index (χ3v) is 7.26. The Morgan fingerprint density at radius 2 is 1.74 bits per heavy atom. The zero-order valence-corrected chi connectivity index (χ0v) is 18.4. The van der Waals surface area contributed by atoms with Crippen molar-refractivity contribution in [3.05, 3.63) is 54.6 Å². The molecule has 2 aromatic rings. The van der Waals surface area contributed by atoms with Gasteiger partial charge in [0, 0.05) is 18.7 Å². The maximum Gasteiger partial charge on any atom is 0.252 e. The topological polar surface area (TPSA) is 104 Å². The first-order valence-corrected chi connectivity index (χ1v) is 11.4. The summed E-state index contributed by atoms with van der Waals surface area (Å²) in [6.07, 6.45) is 0.244. The van der Waals surface area contributed by atoms with Gasteiger partial charge in [-0.25, -0.2) is 13.3 Å². The van der Waals surface area contributed by atoms with Crippen molar-refractivity contribution in [3.63, 3.8) is 0 Å². The minimum absolute atomic E-state index is 0.0136. The summed E-state index contributed by atoms with van der Waals surface area (Å²) in [5.41, 5.74) is 0.880. The zero-order chi connectivity index (χ0) is 22.8. The van der Waals surface area contributed by atoms with Crippen molar-refractivity contribution in [2.24, 2.45) is 0 Å². The van der Waals surface area contributed by atoms with Crippen molar-refractivity contribution in [3.8, 4) is 0 Å². The molecule has 2 atom stereocenters. The van der Waals surface area contributed by atoms with Crippen LogP contribution in [0.2, 0.25) is 0 Å². The second kappa shape index (κ2) is 8.99. The van der Waals surface area contributed by atoms with E-state index in [9.17, 15) is 22.8 Å². The Balaban J connectivity index is 1.97. The molecule has 0 radical (unpaired) electrons. The molecule has 1 fully saturated rings. The van der Waals surface area contributed by atoms with E-state index in [1.807, 2.05) is 6.92 Å². The molecule has 0 bridgehead atoms. The van der Waals surface area contributed by atoms with Crippen molar-refractivity contribution in [2.45, 2.75) is 50.6 Å². The summed E-state index contributed by atoms with van der Waals surface area (Å²) < 4.78 is 28.2. The van der Waals surface area contributed by atoms with Gasteiger partial charge in [-0.15, -0.1) is 0 Å². The average Bonchev–Trinajstić information content (AvgIpc) is 3.02. The lowest BCUT2D eigenvalue weighted by Gasteiger charge is -2.31. The molecule has 3 amide bonds. The first kappa shape index (κ1) is 22.6. The fourth-order valence-electron chi connectivity index (χ4n) is 3.59. The normalized spacial score (nSPS) is 17.8. The number of sulfonamides is 1. The fraction of sp³-hybridized carbons (Fsp3) is 0.318. The van der Waals surface area contributed by atoms with Gasteiger partial charge < -0.3 is 5.32 Å². The lowest BCUT2D eigenvalue weighted by molar-refractivity contribution is -0.122. The number of benzene rings is 2. The number of amides is 3. The number of carbonyl (C=O) groups is 3. The van der Waals surface area contributed by atoms with Gasteiger partial charge >= 0.3 is 0 Å². The quantitative estimate of drug-likeness (QED) is 0.663. The monoisotopic (exact) mass is 443 g/mol. The number of para-hydroxylation sites is 1. The van der Waals surface area contributed by atoms with E-state index in [0.717, 1.165) is 9.21 Å². The standard InChI is InChI=1S/C22H25N3O5S/c1-4-15(2)25(31(29,30)19-12-10-17(11-13-19)23-16(3)26)20-14-21(27)24(22(20)28)18-8-6-5-7-9-18/h5-13,15,20H,4,14H2,1-3H3,(H,23,26). The number of carbonyl (C=O) groups excluding carboxylic acids is 3. The molecule has 1 heterocycles. The van der Waals surface area contributed by atoms with Crippen LogP contribution in [0.15, 0.2) is 59.5 Å². The second-order valence-electron chi connectivity index (χ2n) is 7.42. The Morgan fingerprint density at radius 1 is 1.13 bits per heavy atom. The van der Waals surface area contributed by atoms with Gasteiger partial charge in [0.2, 0.25) is 21.8 Å². The van der Waals surface area contributed by atoms with E-state index in [1.165, 1.54) is 31.2 Å². The molecular formula is C22H25N3O5S. The summed E-state index contributed by atoms with van der Waals surface area (Å²) in [5.74, 6) is -1.27. The molecule has 0 aromatic heterocycles. The number of hydrogen-bond acceptors (Lipinski definition) is 5. The highest BCUT2D eigenvalue weighted by molar-refractivity contribution is 7.89. The molecular weight excluding hydrogens is 418 g/mol. The Kier molecular flexibility index (Phi) is 6.56. The Hall–Kier alpha value is -3.04. The van der Waals surface area contributed by atoms with Crippen LogP contribution >= 0.6 is 0 Å². The van der Waals surface area contributed by atoms with E-state index in [1.54, 1.807) is 37.3 Å². The molecule has 0 saturated carbocycles. The zero-order valence-electron chi connectivity index (χ0n) is 17.6. The summed E-state index contributed by atoms with van der Waals surface area (Å²) in [5, 5.41) is 2.59. The predicted molar refractivity (Wildman–Crippen MR) is 117 cm³/mol. The van der Waals surface area contributed by atoms with E-state index >= 15 is 0 Å². The maximum atomic E-state index is 13.5. The molecule has 164 valence electrons. The number of rotatable bonds is 7. The number of anilines is 2. The van der Waals surface area contributed by atoms with Gasteiger partial charge in [-0.2, -0.15) is 4.31 Å². The number of nitrogens with one attached hydrogen (secondary N) is 1. The molecule has 1 N–H and O–H groups in total. The van der Waals surface area contributed by atoms with E-state index in [0.29, 0.717) is 17.8 Å². The van der Waals surface area contributed by atoms with Gasteiger partial charge in [0.1, 0.15) is 6.04 Å². The van der Waals surface area contributed by atoms with Gasteiger partial charge in [0.05, 0.1) is 17.0 Å². The number of nitrogens with zero attached hydrogens (tertiary/aromatic N) is 2. The molecule has 8 nitrogen and oxygen atoms in total. The summed E-state index contributed by atoms with van der Waals surface area (Å²) in [6, 6.07) is 12.6. The molecule has 1 aliphatic rings. The van der Waals surface area contributed by atoms with E-state index < -0.39 is 33.9 Å². The molecule has 2 unspecified atom stereocenters. The van der Waals surface area contributed by atoms with Crippen LogP contribution in [0.4, 0.5) is 11.4 Å². The summed E-state index contributed by atoms with van der Waals surface area (Å²) in [4.78, 5) is 38.1. The predicted octanol–water partition coefficient (Wildman–Crippen LogP) is 2.77. The number of hydrogen-bond donors (Lipinski definition) is 1. The van der Waals surface area contributed by atoms with Gasteiger partial charge in [-0.05, 0) is 49.7 Å². The van der Waals surface area contributed by atoms with E-state index in [2.05, 4.69) is 5.32 Å². The fourth-order valence-corrected chi connectivity index (χ4v) is 5.44. The van der Waals surface area contributed by atoms with E-state index in [4.69, 9.17) is 0 Å². The van der Waals surface area contributed by atoms with Crippen molar-refractivity contribution >= 4 is 39.1 Å². The molecule has 3 rings (SSSR count). The van der Waals surface area contributed by atoms with Crippen LogP contribution < -0.4 is 10.2 Å². The Morgan fingerprint density at radius 3 is 2.29 bits per heavy atom. The average molecular weight is 444 g/mol. The lowest BCUT2D eigenvalue weighted by atomic mass is 10.2. The SMILES string of the molecule is CCC(C)N(C1CC(=O)N(c2ccccc2)C1=O)S(=O)(=O)c1ccc(NC(C)=O)cc1. The molecule has 0 spiro atoms. The van der Waals surface area contributed by atoms with Crippen molar-refractivity contribution in [1.29, 1.82) is 0 Å². The van der Waals surface area contributed by atoms with Crippen molar-refractivity contribution < 1.29 is 22.8 Å². The molecule has 1 saturated heterocycles. The highest BCUT2D eigenvalue weighted by atomic mass is 32.2. The van der Waals surface area contributed by atoms with Crippen LogP contribution in [0.1, 0.15) is 33.6 Å². The molecule has 1 aliphatic heterocycles. The molecule has 9 heteroatoms. The van der Waals surface area contributed by atoms with Crippen LogP contribution in [-0.4, -0.2) is 42.5 Å². The third-order valence-electron chi connectivity index (χ3n) is 5.22. The second-order valence-corrected chi connectivity index (χ2v) is 9.26. The van der Waals surface area contributed by atoms with Crippen LogP contribution in [0.3, 0.4) is 0 Å². The summed E-state index contributed by atoms with van der Waals surface area (Å²) in [7, 11) is -4.08. The largest absolute Gasteiger partial charge is 0.326 e. The van der Waals surface area contributed by atoms with Gasteiger partial charge in [0.15, 0.2) is 0 Å². The summed E-state index contributed by atoms with van der Waals surface area (Å²) in [6.45, 7) is 4.89. The van der Waals surface area contributed by atoms with Gasteiger partial charge in [-0.1, -0.05) is 25.1 Å². The van der Waals surface area contributed by atoms with Crippen LogP contribution in [-0.2, 0) is 24.4 Å². The first-order chi connectivity index (χ1) is 14.7. The van der Waals surface area contributed by atoms with Crippen molar-refractivity contribution in [2.75, 3.05) is 10.2 Å². The molecule has 31 heavy (non-hydrogen) atoms. The highest BCUT2D eigenvalue weighted by Gasteiger charge is 2.48. The number of imide groups is 1. The lowest BCUT2D eigenvalue weighted by Crippen LogP contribution is -2.49. The van der Waals surface area contributed by atoms with Crippen LogP contribution in [0.5, 0.6) is 0 Å². The molecule has 2 aromatic carbocycles. The van der Waals surface area contributed by atoms with Crippen molar-refractivity contribution in [1.82, 2.24) is 4.31 Å². The minimum atomic E-state index is -4.08. The Labute approximate surface area is 181 Å². The smallest absolute Gasteiger partial charge is 0.252 e. The van der Waals surface area contributed by atoms with E-state index in [-0.39, 0.29) is 17.2 Å². The summed E-state index contributed by atoms with van der Waals surface area (Å²) >= 11 is 0.